The average molecular weight is 608 g/mol. The molecule has 230 valence electrons. The quantitative estimate of drug-likeness (QED) is 0.363. The number of halogens is 6. The Balaban J connectivity index is 0.000000289. The monoisotopic (exact) mass is 607 g/mol. The summed E-state index contributed by atoms with van der Waals surface area (Å²) in [6.07, 6.45) is -3.44. The number of aliphatic carboxylic acids is 2. The highest BCUT2D eigenvalue weighted by Gasteiger charge is 2.39. The van der Waals surface area contributed by atoms with Crippen LogP contribution >= 0.6 is 0 Å². The molecule has 5 heterocycles. The van der Waals surface area contributed by atoms with E-state index in [1.165, 1.54) is 11.1 Å². The molecule has 0 atom stereocenters. The van der Waals surface area contributed by atoms with Crippen LogP contribution < -0.4 is 5.32 Å². The average Bonchev–Trinajstić information content (AvgIpc) is 3.61. The smallest absolute Gasteiger partial charge is 0.475 e. The predicted octanol–water partition coefficient (Wildman–Crippen LogP) is 4.32. The number of likely N-dealkylation sites (tertiary alicyclic amines) is 1. The maximum absolute atomic E-state index is 10.6. The summed E-state index contributed by atoms with van der Waals surface area (Å²) in [6.45, 7) is 6.74. The molecule has 0 bridgehead atoms. The van der Waals surface area contributed by atoms with Crippen molar-refractivity contribution in [2.45, 2.75) is 57.5 Å². The van der Waals surface area contributed by atoms with Gasteiger partial charge in [0, 0.05) is 29.9 Å². The van der Waals surface area contributed by atoms with Crippen molar-refractivity contribution < 1.29 is 55.1 Å². The molecule has 0 unspecified atom stereocenters. The van der Waals surface area contributed by atoms with Gasteiger partial charge in [-0.1, -0.05) is 5.16 Å². The molecule has 0 saturated carbocycles. The van der Waals surface area contributed by atoms with Gasteiger partial charge in [0.25, 0.3) is 0 Å². The molecule has 2 aliphatic heterocycles. The summed E-state index contributed by atoms with van der Waals surface area (Å²) in [5, 5.41) is 22.0. The number of pyridine rings is 1. The molecule has 0 amide bonds. The first kappa shape index (κ1) is 32.5. The lowest BCUT2D eigenvalue weighted by Crippen LogP contribution is -2.32. The van der Waals surface area contributed by atoms with E-state index in [4.69, 9.17) is 33.7 Å². The molecule has 1 fully saturated rings. The second kappa shape index (κ2) is 13.8. The molecular formula is C25H27F6N5O6. The zero-order valence-corrected chi connectivity index (χ0v) is 22.1. The molecule has 3 aromatic rings. The zero-order chi connectivity index (χ0) is 31.1. The first-order chi connectivity index (χ1) is 19.7. The molecule has 17 heteroatoms. The van der Waals surface area contributed by atoms with Crippen LogP contribution in [0.3, 0.4) is 0 Å². The van der Waals surface area contributed by atoms with E-state index in [9.17, 15) is 26.3 Å². The fourth-order valence-corrected chi connectivity index (χ4v) is 4.33. The van der Waals surface area contributed by atoms with Crippen LogP contribution in [0.5, 0.6) is 0 Å². The van der Waals surface area contributed by atoms with Gasteiger partial charge in [0.15, 0.2) is 0 Å². The lowest BCUT2D eigenvalue weighted by Gasteiger charge is -2.29. The third-order valence-corrected chi connectivity index (χ3v) is 6.38. The van der Waals surface area contributed by atoms with Crippen molar-refractivity contribution in [1.29, 1.82) is 0 Å². The lowest BCUT2D eigenvalue weighted by atomic mass is 9.95. The van der Waals surface area contributed by atoms with Gasteiger partial charge in [-0.2, -0.15) is 31.3 Å². The fraction of sp³-hybridized carbons (Fsp3) is 0.480. The number of carbonyl (C=O) groups is 2. The van der Waals surface area contributed by atoms with Crippen molar-refractivity contribution in [3.8, 4) is 11.4 Å². The van der Waals surface area contributed by atoms with E-state index in [0.717, 1.165) is 74.9 Å². The molecule has 3 aromatic heterocycles. The van der Waals surface area contributed by atoms with E-state index in [-0.39, 0.29) is 0 Å². The molecule has 0 radical (unpaired) electrons. The summed E-state index contributed by atoms with van der Waals surface area (Å²) < 4.78 is 74.6. The van der Waals surface area contributed by atoms with Gasteiger partial charge in [0.05, 0.1) is 12.8 Å². The maximum Gasteiger partial charge on any atom is 0.490 e. The van der Waals surface area contributed by atoms with E-state index < -0.39 is 24.3 Å². The topological polar surface area (TPSA) is 155 Å². The Morgan fingerprint density at radius 2 is 1.71 bits per heavy atom. The second-order valence-electron chi connectivity index (χ2n) is 9.34. The first-order valence-electron chi connectivity index (χ1n) is 12.5. The van der Waals surface area contributed by atoms with Gasteiger partial charge in [-0.15, -0.1) is 0 Å². The minimum absolute atomic E-state index is 0.323. The molecular weight excluding hydrogens is 580 g/mol. The molecule has 5 rings (SSSR count). The van der Waals surface area contributed by atoms with Gasteiger partial charge >= 0.3 is 24.3 Å². The molecule has 42 heavy (non-hydrogen) atoms. The van der Waals surface area contributed by atoms with Crippen LogP contribution in [0.2, 0.25) is 0 Å². The fourth-order valence-electron chi connectivity index (χ4n) is 4.33. The summed E-state index contributed by atoms with van der Waals surface area (Å²) in [7, 11) is 0. The number of aromatic nitrogens is 3. The Morgan fingerprint density at radius 3 is 2.26 bits per heavy atom. The number of alkyl halides is 6. The second-order valence-corrected chi connectivity index (χ2v) is 9.34. The van der Waals surface area contributed by atoms with E-state index in [2.05, 4.69) is 20.4 Å². The number of hydrogen-bond acceptors (Lipinski definition) is 9. The van der Waals surface area contributed by atoms with Gasteiger partial charge in [-0.25, -0.2) is 9.59 Å². The van der Waals surface area contributed by atoms with Crippen molar-refractivity contribution in [2.24, 2.45) is 0 Å². The third-order valence-electron chi connectivity index (χ3n) is 6.38. The van der Waals surface area contributed by atoms with Gasteiger partial charge in [0.1, 0.15) is 5.76 Å². The van der Waals surface area contributed by atoms with Crippen molar-refractivity contribution >= 4 is 11.9 Å². The minimum atomic E-state index is -5.08. The SMILES string of the molecule is Cc1ncc2c(c1-c1noc(C3CCN(Cc4ccco4)CC3)n1)CCNC2.O=C(O)C(F)(F)F.O=C(O)C(F)(F)F. The number of fused-ring (bicyclic) bond motifs is 1. The largest absolute Gasteiger partial charge is 0.490 e. The number of furan rings is 1. The number of nitrogens with zero attached hydrogens (tertiary/aromatic N) is 4. The first-order valence-corrected chi connectivity index (χ1v) is 12.5. The van der Waals surface area contributed by atoms with E-state index in [1.807, 2.05) is 25.3 Å². The molecule has 2 aliphatic rings. The van der Waals surface area contributed by atoms with Crippen LogP contribution in [-0.2, 0) is 29.1 Å². The van der Waals surface area contributed by atoms with E-state index >= 15 is 0 Å². The number of piperidine rings is 1. The molecule has 0 aliphatic carbocycles. The van der Waals surface area contributed by atoms with Crippen LogP contribution in [-0.4, -0.2) is 74.2 Å². The minimum Gasteiger partial charge on any atom is -0.475 e. The third kappa shape index (κ3) is 9.01. The molecule has 11 nitrogen and oxygen atoms in total. The van der Waals surface area contributed by atoms with Crippen LogP contribution in [0.1, 0.15) is 47.2 Å². The highest BCUT2D eigenvalue weighted by molar-refractivity contribution is 5.73. The summed E-state index contributed by atoms with van der Waals surface area (Å²) in [6, 6.07) is 3.97. The highest BCUT2D eigenvalue weighted by Crippen LogP contribution is 2.32. The van der Waals surface area contributed by atoms with Crippen molar-refractivity contribution in [3.05, 3.63) is 53.1 Å². The van der Waals surface area contributed by atoms with Gasteiger partial charge in [-0.05, 0) is 69.1 Å². The van der Waals surface area contributed by atoms with Crippen LogP contribution in [0.25, 0.3) is 11.4 Å². The van der Waals surface area contributed by atoms with Crippen LogP contribution in [0.15, 0.2) is 33.5 Å². The Hall–Kier alpha value is -3.99. The number of aryl methyl sites for hydroxylation is 1. The summed E-state index contributed by atoms with van der Waals surface area (Å²) in [4.78, 5) is 29.6. The number of rotatable bonds is 4. The van der Waals surface area contributed by atoms with Crippen molar-refractivity contribution in [1.82, 2.24) is 25.3 Å². The van der Waals surface area contributed by atoms with Crippen LogP contribution in [0, 0.1) is 6.92 Å². The molecule has 1 saturated heterocycles. The van der Waals surface area contributed by atoms with Gasteiger partial charge in [-0.3, -0.25) is 9.88 Å². The van der Waals surface area contributed by atoms with Crippen molar-refractivity contribution in [3.63, 3.8) is 0 Å². The predicted molar refractivity (Wildman–Crippen MR) is 131 cm³/mol. The Labute approximate surface area is 234 Å². The normalized spacial score (nSPS) is 16.0. The number of carboxylic acid groups (broad SMARTS) is 2. The van der Waals surface area contributed by atoms with E-state index in [0.29, 0.717) is 11.7 Å². The summed E-state index contributed by atoms with van der Waals surface area (Å²) in [5.74, 6) is -2.72. The molecule has 0 spiro atoms. The zero-order valence-electron chi connectivity index (χ0n) is 22.1. The van der Waals surface area contributed by atoms with Crippen LogP contribution in [0.4, 0.5) is 26.3 Å². The molecule has 0 aromatic carbocycles. The van der Waals surface area contributed by atoms with Gasteiger partial charge < -0.3 is 24.5 Å². The molecule has 3 N–H and O–H groups in total. The standard InChI is InChI=1S/C21H25N5O2.2C2HF3O2/c1-14-19(18-4-7-22-11-16(18)12-23-14)20-24-21(28-25-20)15-5-8-26(9-6-15)13-17-3-2-10-27-17;2*3-2(4,5)1(6)7/h2-3,10,12,15,22H,4-9,11,13H2,1H3;2*(H,6,7). The summed E-state index contributed by atoms with van der Waals surface area (Å²) in [5.41, 5.74) is 4.59. The van der Waals surface area contributed by atoms with Crippen molar-refractivity contribution in [2.75, 3.05) is 19.6 Å². The van der Waals surface area contributed by atoms with Gasteiger partial charge in [0.2, 0.25) is 11.7 Å². The Morgan fingerprint density at radius 1 is 1.10 bits per heavy atom. The Kier molecular flexibility index (Phi) is 10.7. The number of hydrogen-bond donors (Lipinski definition) is 3. The number of carboxylic acids is 2. The highest BCUT2D eigenvalue weighted by atomic mass is 19.4. The number of nitrogens with one attached hydrogen (secondary N) is 1. The summed E-state index contributed by atoms with van der Waals surface area (Å²) >= 11 is 0. The van der Waals surface area contributed by atoms with E-state index in [1.54, 1.807) is 6.26 Å². The lowest BCUT2D eigenvalue weighted by molar-refractivity contribution is -0.193. The Bertz CT molecular complexity index is 1310. The maximum atomic E-state index is 10.6.